The fourth-order valence-corrected chi connectivity index (χ4v) is 3.44. The van der Waals surface area contributed by atoms with Gasteiger partial charge in [-0.2, -0.15) is 0 Å². The number of aromatic nitrogens is 2. The molecule has 2 aromatic carbocycles. The molecule has 160 valence electrons. The summed E-state index contributed by atoms with van der Waals surface area (Å²) in [5, 5.41) is 8.94. The first kappa shape index (κ1) is 22.5. The van der Waals surface area contributed by atoms with Gasteiger partial charge in [-0.1, -0.05) is 17.7 Å². The lowest BCUT2D eigenvalue weighted by Gasteiger charge is -2.10. The van der Waals surface area contributed by atoms with E-state index in [4.69, 9.17) is 25.5 Å². The summed E-state index contributed by atoms with van der Waals surface area (Å²) >= 11 is 7.62. The van der Waals surface area contributed by atoms with Crippen molar-refractivity contribution in [3.8, 4) is 23.0 Å². The fourth-order valence-electron chi connectivity index (χ4n) is 2.63. The Bertz CT molecular complexity index is 903. The Morgan fingerprint density at radius 3 is 2.57 bits per heavy atom. The maximum absolute atomic E-state index is 5.94. The summed E-state index contributed by atoms with van der Waals surface area (Å²) < 4.78 is 17.2. The molecule has 0 aliphatic heterocycles. The number of ether oxygens (including phenoxy) is 2. The van der Waals surface area contributed by atoms with E-state index in [1.807, 2.05) is 42.5 Å². The van der Waals surface area contributed by atoms with Crippen LogP contribution in [0.2, 0.25) is 5.02 Å². The van der Waals surface area contributed by atoms with Gasteiger partial charge in [0.2, 0.25) is 11.8 Å². The van der Waals surface area contributed by atoms with Crippen molar-refractivity contribution in [1.82, 2.24) is 15.1 Å². The van der Waals surface area contributed by atoms with Crippen molar-refractivity contribution in [2.45, 2.75) is 12.2 Å². The Hall–Kier alpha value is -2.22. The lowest BCUT2D eigenvalue weighted by Crippen LogP contribution is -2.15. The van der Waals surface area contributed by atoms with Crippen LogP contribution in [0.25, 0.3) is 11.5 Å². The molecule has 0 aliphatic carbocycles. The predicted molar refractivity (Wildman–Crippen MR) is 122 cm³/mol. The molecule has 0 saturated carbocycles. The minimum absolute atomic E-state index is 0.514. The zero-order valence-electron chi connectivity index (χ0n) is 17.2. The SMILES string of the molecule is CN(C)CCCOc1ccc(-c2nnc(CSCCOc3cccc(Cl)c3)o2)cc1. The standard InChI is InChI=1S/C22H26ClN3O3S/c1-26(2)11-4-12-27-19-9-7-17(8-10-19)22-25-24-21(29-22)16-30-14-13-28-20-6-3-5-18(23)15-20/h3,5-10,15H,4,11-14,16H2,1-2H3. The number of hydrogen-bond donors (Lipinski definition) is 0. The zero-order chi connectivity index (χ0) is 21.2. The van der Waals surface area contributed by atoms with Gasteiger partial charge in [-0.05, 0) is 63.0 Å². The molecule has 1 heterocycles. The Balaban J connectivity index is 1.39. The molecule has 0 bridgehead atoms. The van der Waals surface area contributed by atoms with Crippen molar-refractivity contribution in [3.63, 3.8) is 0 Å². The number of benzene rings is 2. The molecule has 0 fully saturated rings. The molecule has 1 aromatic heterocycles. The van der Waals surface area contributed by atoms with E-state index in [2.05, 4.69) is 29.2 Å². The normalized spacial score (nSPS) is 11.1. The minimum atomic E-state index is 0.514. The summed E-state index contributed by atoms with van der Waals surface area (Å²) in [6.45, 7) is 2.29. The van der Waals surface area contributed by atoms with Crippen LogP contribution in [0.3, 0.4) is 0 Å². The summed E-state index contributed by atoms with van der Waals surface area (Å²) in [4.78, 5) is 2.14. The predicted octanol–water partition coefficient (Wildman–Crippen LogP) is 5.03. The molecule has 3 rings (SSSR count). The molecule has 0 N–H and O–H groups in total. The molecule has 0 atom stereocenters. The molecular formula is C22H26ClN3O3S. The third kappa shape index (κ3) is 7.55. The van der Waals surface area contributed by atoms with Crippen molar-refractivity contribution >= 4 is 23.4 Å². The van der Waals surface area contributed by atoms with Gasteiger partial charge in [0.25, 0.3) is 0 Å². The smallest absolute Gasteiger partial charge is 0.247 e. The number of nitrogens with zero attached hydrogens (tertiary/aromatic N) is 3. The van der Waals surface area contributed by atoms with Gasteiger partial charge in [0.1, 0.15) is 11.5 Å². The van der Waals surface area contributed by atoms with E-state index >= 15 is 0 Å². The van der Waals surface area contributed by atoms with Crippen LogP contribution in [0.1, 0.15) is 12.3 Å². The van der Waals surface area contributed by atoms with Crippen LogP contribution in [-0.4, -0.2) is 54.7 Å². The van der Waals surface area contributed by atoms with Crippen LogP contribution in [-0.2, 0) is 5.75 Å². The number of halogens is 1. The third-order valence-electron chi connectivity index (χ3n) is 4.10. The topological polar surface area (TPSA) is 60.6 Å². The first-order valence-corrected chi connectivity index (χ1v) is 11.3. The van der Waals surface area contributed by atoms with E-state index in [0.29, 0.717) is 35.8 Å². The molecule has 0 aliphatic rings. The summed E-state index contributed by atoms with van der Waals surface area (Å²) in [7, 11) is 4.11. The number of rotatable bonds is 12. The maximum Gasteiger partial charge on any atom is 0.247 e. The molecule has 3 aromatic rings. The van der Waals surface area contributed by atoms with Crippen molar-refractivity contribution < 1.29 is 13.9 Å². The molecule has 0 radical (unpaired) electrons. The van der Waals surface area contributed by atoms with Crippen LogP contribution >= 0.6 is 23.4 Å². The summed E-state index contributed by atoms with van der Waals surface area (Å²) in [6, 6.07) is 15.1. The average Bonchev–Trinajstić information content (AvgIpc) is 3.20. The Labute approximate surface area is 186 Å². The second kappa shape index (κ2) is 11.8. The van der Waals surface area contributed by atoms with E-state index in [9.17, 15) is 0 Å². The van der Waals surface area contributed by atoms with Crippen LogP contribution in [0.5, 0.6) is 11.5 Å². The molecule has 30 heavy (non-hydrogen) atoms. The molecule has 0 spiro atoms. The largest absolute Gasteiger partial charge is 0.494 e. The van der Waals surface area contributed by atoms with Crippen molar-refractivity contribution in [2.75, 3.05) is 39.6 Å². The second-order valence-corrected chi connectivity index (χ2v) is 8.43. The summed E-state index contributed by atoms with van der Waals surface area (Å²) in [5.74, 6) is 4.17. The van der Waals surface area contributed by atoms with E-state index in [1.54, 1.807) is 17.8 Å². The quantitative estimate of drug-likeness (QED) is 0.361. The highest BCUT2D eigenvalue weighted by molar-refractivity contribution is 7.98. The lowest BCUT2D eigenvalue weighted by atomic mass is 10.2. The van der Waals surface area contributed by atoms with Gasteiger partial charge in [0, 0.05) is 22.9 Å². The van der Waals surface area contributed by atoms with Gasteiger partial charge in [-0.25, -0.2) is 0 Å². The van der Waals surface area contributed by atoms with Crippen LogP contribution in [0.4, 0.5) is 0 Å². The van der Waals surface area contributed by atoms with E-state index in [0.717, 1.165) is 35.8 Å². The lowest BCUT2D eigenvalue weighted by molar-refractivity contribution is 0.281. The highest BCUT2D eigenvalue weighted by Crippen LogP contribution is 2.23. The Morgan fingerprint density at radius 1 is 1.00 bits per heavy atom. The summed E-state index contributed by atoms with van der Waals surface area (Å²) in [5.41, 5.74) is 0.878. The van der Waals surface area contributed by atoms with Crippen LogP contribution in [0, 0.1) is 0 Å². The highest BCUT2D eigenvalue weighted by Gasteiger charge is 2.09. The van der Waals surface area contributed by atoms with E-state index in [1.165, 1.54) is 0 Å². The highest BCUT2D eigenvalue weighted by atomic mass is 35.5. The average molecular weight is 448 g/mol. The van der Waals surface area contributed by atoms with Crippen molar-refractivity contribution in [2.24, 2.45) is 0 Å². The van der Waals surface area contributed by atoms with Gasteiger partial charge in [-0.3, -0.25) is 0 Å². The van der Waals surface area contributed by atoms with E-state index in [-0.39, 0.29) is 0 Å². The monoisotopic (exact) mass is 447 g/mol. The van der Waals surface area contributed by atoms with Gasteiger partial charge >= 0.3 is 0 Å². The fraction of sp³-hybridized carbons (Fsp3) is 0.364. The zero-order valence-corrected chi connectivity index (χ0v) is 18.8. The van der Waals surface area contributed by atoms with Gasteiger partial charge in [0.15, 0.2) is 0 Å². The Kier molecular flexibility index (Phi) is 8.86. The third-order valence-corrected chi connectivity index (χ3v) is 5.25. The molecule has 0 unspecified atom stereocenters. The molecule has 0 amide bonds. The second-order valence-electron chi connectivity index (χ2n) is 6.89. The summed E-state index contributed by atoms with van der Waals surface area (Å²) in [6.07, 6.45) is 0.990. The van der Waals surface area contributed by atoms with E-state index < -0.39 is 0 Å². The molecular weight excluding hydrogens is 422 g/mol. The molecule has 6 nitrogen and oxygen atoms in total. The van der Waals surface area contributed by atoms with Crippen molar-refractivity contribution in [3.05, 3.63) is 59.4 Å². The Morgan fingerprint density at radius 2 is 1.80 bits per heavy atom. The first-order chi connectivity index (χ1) is 14.6. The van der Waals surface area contributed by atoms with Crippen molar-refractivity contribution in [1.29, 1.82) is 0 Å². The number of thioether (sulfide) groups is 1. The van der Waals surface area contributed by atoms with Crippen LogP contribution < -0.4 is 9.47 Å². The van der Waals surface area contributed by atoms with Gasteiger partial charge in [-0.15, -0.1) is 22.0 Å². The molecule has 8 heteroatoms. The minimum Gasteiger partial charge on any atom is -0.494 e. The maximum atomic E-state index is 5.94. The van der Waals surface area contributed by atoms with Crippen LogP contribution in [0.15, 0.2) is 52.9 Å². The van der Waals surface area contributed by atoms with Gasteiger partial charge < -0.3 is 18.8 Å². The van der Waals surface area contributed by atoms with Gasteiger partial charge in [0.05, 0.1) is 19.0 Å². The molecule has 0 saturated heterocycles. The number of hydrogen-bond acceptors (Lipinski definition) is 7. The first-order valence-electron chi connectivity index (χ1n) is 9.76.